The minimum atomic E-state index is -0.619. The second-order valence-corrected chi connectivity index (χ2v) is 6.95. The molecule has 5 heteroatoms. The molecule has 0 aromatic rings. The molecule has 0 aromatic carbocycles. The van der Waals surface area contributed by atoms with E-state index in [4.69, 9.17) is 9.47 Å². The molecule has 0 amide bonds. The Labute approximate surface area is 145 Å². The summed E-state index contributed by atoms with van der Waals surface area (Å²) in [6.45, 7) is 8.11. The number of carbonyl (C=O) groups excluding carboxylic acids is 2. The summed E-state index contributed by atoms with van der Waals surface area (Å²) in [5, 5.41) is 9.99. The molecule has 0 saturated heterocycles. The molecule has 0 radical (unpaired) electrons. The average molecular weight is 337 g/mol. The van der Waals surface area contributed by atoms with Crippen molar-refractivity contribution in [2.75, 3.05) is 13.2 Å². The molecule has 2 atom stereocenters. The normalized spacial score (nSPS) is 18.7. The molecule has 5 nitrogen and oxygen atoms in total. The summed E-state index contributed by atoms with van der Waals surface area (Å²) >= 11 is 0. The number of hydrogen-bond donors (Lipinski definition) is 0. The van der Waals surface area contributed by atoms with Crippen LogP contribution in [0.1, 0.15) is 66.2 Å². The zero-order valence-electron chi connectivity index (χ0n) is 15.5. The molecule has 1 aliphatic rings. The van der Waals surface area contributed by atoms with E-state index in [9.17, 15) is 14.9 Å². The van der Waals surface area contributed by atoms with E-state index in [0.717, 1.165) is 25.7 Å². The van der Waals surface area contributed by atoms with E-state index >= 15 is 0 Å². The van der Waals surface area contributed by atoms with E-state index in [1.807, 2.05) is 13.8 Å². The smallest absolute Gasteiger partial charge is 0.309 e. The fraction of sp³-hybridized carbons (Fsp3) is 0.842. The second-order valence-electron chi connectivity index (χ2n) is 6.95. The summed E-state index contributed by atoms with van der Waals surface area (Å²) in [4.78, 5) is 24.3. The number of esters is 2. The van der Waals surface area contributed by atoms with Gasteiger partial charge in [0.15, 0.2) is 0 Å². The van der Waals surface area contributed by atoms with Gasteiger partial charge >= 0.3 is 11.9 Å². The van der Waals surface area contributed by atoms with E-state index < -0.39 is 23.3 Å². The van der Waals surface area contributed by atoms with Gasteiger partial charge in [-0.05, 0) is 44.9 Å². The van der Waals surface area contributed by atoms with Crippen LogP contribution in [0.15, 0.2) is 0 Å². The van der Waals surface area contributed by atoms with Gasteiger partial charge in [0.05, 0.1) is 37.0 Å². The summed E-state index contributed by atoms with van der Waals surface area (Å²) < 4.78 is 10.2. The van der Waals surface area contributed by atoms with Gasteiger partial charge in [-0.15, -0.1) is 0 Å². The van der Waals surface area contributed by atoms with Gasteiger partial charge in [-0.25, -0.2) is 0 Å². The van der Waals surface area contributed by atoms with Crippen LogP contribution in [0.5, 0.6) is 0 Å². The Morgan fingerprint density at radius 2 is 1.75 bits per heavy atom. The number of ether oxygens (including phenoxy) is 2. The quantitative estimate of drug-likeness (QED) is 0.597. The SMILES string of the molecule is CCOC(=O)CC(CC(C#N)(C(C)C)C1CCCC1)C(=O)OCC. The summed E-state index contributed by atoms with van der Waals surface area (Å²) in [5.74, 6) is -1.03. The minimum absolute atomic E-state index is 0.0183. The molecule has 0 aromatic heterocycles. The maximum absolute atomic E-state index is 12.4. The van der Waals surface area contributed by atoms with Crippen LogP contribution in [-0.2, 0) is 19.1 Å². The molecule has 1 rings (SSSR count). The van der Waals surface area contributed by atoms with Gasteiger partial charge in [-0.1, -0.05) is 26.7 Å². The van der Waals surface area contributed by atoms with Crippen molar-refractivity contribution in [1.82, 2.24) is 0 Å². The summed E-state index contributed by atoms with van der Waals surface area (Å²) in [6, 6.07) is 2.53. The van der Waals surface area contributed by atoms with Gasteiger partial charge in [0, 0.05) is 0 Å². The van der Waals surface area contributed by atoms with Crippen LogP contribution in [0, 0.1) is 34.5 Å². The molecule has 0 aliphatic heterocycles. The lowest BCUT2D eigenvalue weighted by atomic mass is 9.63. The maximum Gasteiger partial charge on any atom is 0.309 e. The van der Waals surface area contributed by atoms with Gasteiger partial charge in [-0.2, -0.15) is 5.26 Å². The first kappa shape index (κ1) is 20.5. The maximum atomic E-state index is 12.4. The fourth-order valence-corrected chi connectivity index (χ4v) is 3.91. The van der Waals surface area contributed by atoms with Gasteiger partial charge in [0.2, 0.25) is 0 Å². The fourth-order valence-electron chi connectivity index (χ4n) is 3.91. The Morgan fingerprint density at radius 1 is 1.17 bits per heavy atom. The molecule has 0 spiro atoms. The van der Waals surface area contributed by atoms with Crippen molar-refractivity contribution in [2.24, 2.45) is 23.2 Å². The Morgan fingerprint density at radius 3 is 2.21 bits per heavy atom. The van der Waals surface area contributed by atoms with Gasteiger partial charge in [-0.3, -0.25) is 9.59 Å². The molecule has 1 saturated carbocycles. The topological polar surface area (TPSA) is 76.4 Å². The Bertz CT molecular complexity index is 462. The molecule has 2 unspecified atom stereocenters. The van der Waals surface area contributed by atoms with Crippen LogP contribution in [0.25, 0.3) is 0 Å². The summed E-state index contributed by atoms with van der Waals surface area (Å²) in [6.07, 6.45) is 4.63. The molecular weight excluding hydrogens is 306 g/mol. The largest absolute Gasteiger partial charge is 0.466 e. The molecule has 0 N–H and O–H groups in total. The van der Waals surface area contributed by atoms with Gasteiger partial charge in [0.25, 0.3) is 0 Å². The first-order chi connectivity index (χ1) is 11.4. The third-order valence-corrected chi connectivity index (χ3v) is 5.24. The van der Waals surface area contributed by atoms with Crippen LogP contribution >= 0.6 is 0 Å². The van der Waals surface area contributed by atoms with Crippen molar-refractivity contribution < 1.29 is 19.1 Å². The van der Waals surface area contributed by atoms with Crippen LogP contribution in [0.2, 0.25) is 0 Å². The highest BCUT2D eigenvalue weighted by Gasteiger charge is 2.46. The lowest BCUT2D eigenvalue weighted by molar-refractivity contribution is -0.156. The zero-order valence-corrected chi connectivity index (χ0v) is 15.5. The summed E-state index contributed by atoms with van der Waals surface area (Å²) in [7, 11) is 0. The summed E-state index contributed by atoms with van der Waals surface area (Å²) in [5.41, 5.74) is -0.597. The second kappa shape index (κ2) is 9.66. The highest BCUT2D eigenvalue weighted by molar-refractivity contribution is 5.80. The van der Waals surface area contributed by atoms with Crippen molar-refractivity contribution in [3.8, 4) is 6.07 Å². The van der Waals surface area contributed by atoms with Crippen molar-refractivity contribution in [1.29, 1.82) is 5.26 Å². The Hall–Kier alpha value is -1.57. The lowest BCUT2D eigenvalue weighted by Gasteiger charge is -2.38. The van der Waals surface area contributed by atoms with Crippen LogP contribution < -0.4 is 0 Å². The van der Waals surface area contributed by atoms with E-state index in [1.54, 1.807) is 13.8 Å². The Kier molecular flexibility index (Phi) is 8.24. The van der Waals surface area contributed by atoms with Gasteiger partial charge < -0.3 is 9.47 Å². The number of carbonyl (C=O) groups is 2. The monoisotopic (exact) mass is 337 g/mol. The van der Waals surface area contributed by atoms with Gasteiger partial charge in [0.1, 0.15) is 0 Å². The van der Waals surface area contributed by atoms with Crippen LogP contribution in [0.3, 0.4) is 0 Å². The third-order valence-electron chi connectivity index (χ3n) is 5.24. The number of nitriles is 1. The molecule has 1 fully saturated rings. The van der Waals surface area contributed by atoms with Crippen molar-refractivity contribution in [3.05, 3.63) is 0 Å². The molecule has 0 bridgehead atoms. The first-order valence-corrected chi connectivity index (χ1v) is 9.14. The molecule has 24 heavy (non-hydrogen) atoms. The molecular formula is C19H31NO4. The zero-order chi connectivity index (χ0) is 18.2. The van der Waals surface area contributed by atoms with E-state index in [-0.39, 0.29) is 31.5 Å². The highest BCUT2D eigenvalue weighted by atomic mass is 16.5. The van der Waals surface area contributed by atoms with E-state index in [2.05, 4.69) is 6.07 Å². The molecule has 1 aliphatic carbocycles. The standard InChI is InChI=1S/C19H31NO4/c1-5-23-17(21)11-15(18(22)24-6-2)12-19(13-20,14(3)4)16-9-7-8-10-16/h14-16H,5-12H2,1-4H3. The third kappa shape index (κ3) is 4.96. The highest BCUT2D eigenvalue weighted by Crippen LogP contribution is 2.49. The van der Waals surface area contributed by atoms with E-state index in [1.165, 1.54) is 0 Å². The number of nitrogens with zero attached hydrogens (tertiary/aromatic N) is 1. The predicted octanol–water partition coefficient (Wildman–Crippen LogP) is 3.87. The predicted molar refractivity (Wildman–Crippen MR) is 90.8 cm³/mol. The van der Waals surface area contributed by atoms with E-state index in [0.29, 0.717) is 6.42 Å². The van der Waals surface area contributed by atoms with Crippen molar-refractivity contribution >= 4 is 11.9 Å². The van der Waals surface area contributed by atoms with Crippen molar-refractivity contribution in [2.45, 2.75) is 66.2 Å². The lowest BCUT2D eigenvalue weighted by Crippen LogP contribution is -2.38. The molecule has 136 valence electrons. The van der Waals surface area contributed by atoms with Crippen molar-refractivity contribution in [3.63, 3.8) is 0 Å². The molecule has 0 heterocycles. The Balaban J connectivity index is 3.03. The minimum Gasteiger partial charge on any atom is -0.466 e. The van der Waals surface area contributed by atoms with Crippen LogP contribution in [0.4, 0.5) is 0 Å². The first-order valence-electron chi connectivity index (χ1n) is 9.14. The number of hydrogen-bond acceptors (Lipinski definition) is 5. The average Bonchev–Trinajstić information content (AvgIpc) is 3.06. The number of rotatable bonds is 9. The van der Waals surface area contributed by atoms with Crippen LogP contribution in [-0.4, -0.2) is 25.2 Å².